The topological polar surface area (TPSA) is 141 Å². The van der Waals surface area contributed by atoms with Gasteiger partial charge in [0.25, 0.3) is 5.69 Å². The van der Waals surface area contributed by atoms with Gasteiger partial charge in [0.1, 0.15) is 16.4 Å². The van der Waals surface area contributed by atoms with E-state index in [1.54, 1.807) is 0 Å². The number of sulfonamides is 1. The fourth-order valence-electron chi connectivity index (χ4n) is 2.75. The molecule has 0 bridgehead atoms. The van der Waals surface area contributed by atoms with Crippen LogP contribution in [0.1, 0.15) is 10.4 Å². The third kappa shape index (κ3) is 6.02. The monoisotopic (exact) mass is 494 g/mol. The minimum absolute atomic E-state index is 0. The second-order valence-electron chi connectivity index (χ2n) is 6.05. The summed E-state index contributed by atoms with van der Waals surface area (Å²) in [6.07, 6.45) is 2.56. The Morgan fingerprint density at radius 2 is 1.87 bits per heavy atom. The van der Waals surface area contributed by atoms with E-state index in [-0.39, 0.29) is 65.5 Å². The van der Waals surface area contributed by atoms with Crippen molar-refractivity contribution in [2.24, 2.45) is 0 Å². The highest BCUT2D eigenvalue weighted by Crippen LogP contribution is 2.34. The molecule has 11 nitrogen and oxygen atoms in total. The van der Waals surface area contributed by atoms with Crippen LogP contribution in [0.4, 0.5) is 5.69 Å². The highest BCUT2D eigenvalue weighted by molar-refractivity contribution is 7.89. The van der Waals surface area contributed by atoms with Crippen molar-refractivity contribution in [1.29, 1.82) is 0 Å². The number of piperazine rings is 1. The maximum atomic E-state index is 13.1. The molecule has 14 heteroatoms. The molecular formula is C17H20Cl2N4O7S. The summed E-state index contributed by atoms with van der Waals surface area (Å²) >= 11 is 0. The number of hydrogen-bond acceptors (Lipinski definition) is 9. The zero-order valence-corrected chi connectivity index (χ0v) is 18.7. The lowest BCUT2D eigenvalue weighted by molar-refractivity contribution is -0.385. The van der Waals surface area contributed by atoms with Crippen LogP contribution >= 0.6 is 24.8 Å². The summed E-state index contributed by atoms with van der Waals surface area (Å²) < 4.78 is 37.7. The van der Waals surface area contributed by atoms with Crippen LogP contribution in [-0.4, -0.2) is 61.9 Å². The molecule has 1 aromatic heterocycles. The number of methoxy groups -OCH3 is 1. The molecule has 2 aromatic rings. The van der Waals surface area contributed by atoms with Crippen LogP contribution in [0.5, 0.6) is 11.5 Å². The molecule has 2 heterocycles. The minimum atomic E-state index is -4.05. The number of carbonyl (C=O) groups excluding carboxylic acids is 1. The molecular weight excluding hydrogens is 475 g/mol. The molecule has 31 heavy (non-hydrogen) atoms. The van der Waals surface area contributed by atoms with E-state index in [9.17, 15) is 23.3 Å². The van der Waals surface area contributed by atoms with Gasteiger partial charge in [-0.15, -0.1) is 24.8 Å². The number of benzene rings is 1. The quantitative estimate of drug-likeness (QED) is 0.362. The molecule has 0 saturated carbocycles. The van der Waals surface area contributed by atoms with E-state index < -0.39 is 20.9 Å². The van der Waals surface area contributed by atoms with Gasteiger partial charge in [0.05, 0.1) is 23.8 Å². The fraction of sp³-hybridized carbons (Fsp3) is 0.294. The van der Waals surface area contributed by atoms with Crippen LogP contribution in [0.2, 0.25) is 0 Å². The maximum Gasteiger partial charge on any atom is 0.339 e. The molecule has 0 atom stereocenters. The lowest BCUT2D eigenvalue weighted by Gasteiger charge is -2.27. The Balaban J connectivity index is 0.00000240. The van der Waals surface area contributed by atoms with Crippen LogP contribution in [0, 0.1) is 10.1 Å². The van der Waals surface area contributed by atoms with Crippen molar-refractivity contribution in [2.75, 3.05) is 33.3 Å². The first kappa shape index (κ1) is 26.5. The number of hydrogen-bond donors (Lipinski definition) is 1. The van der Waals surface area contributed by atoms with Gasteiger partial charge < -0.3 is 14.8 Å². The predicted octanol–water partition coefficient (Wildman–Crippen LogP) is 2.01. The van der Waals surface area contributed by atoms with Crippen molar-refractivity contribution in [2.45, 2.75) is 4.90 Å². The number of rotatable bonds is 6. The Morgan fingerprint density at radius 3 is 2.48 bits per heavy atom. The number of nitrogens with one attached hydrogen (secondary N) is 1. The van der Waals surface area contributed by atoms with E-state index in [2.05, 4.69) is 15.0 Å². The van der Waals surface area contributed by atoms with Gasteiger partial charge in [0.15, 0.2) is 0 Å². The van der Waals surface area contributed by atoms with Crippen LogP contribution in [0.3, 0.4) is 0 Å². The number of esters is 1. The molecule has 0 radical (unpaired) electrons. The number of nitro groups is 1. The van der Waals surface area contributed by atoms with Gasteiger partial charge in [0, 0.05) is 44.5 Å². The third-order valence-electron chi connectivity index (χ3n) is 4.19. The normalized spacial score (nSPS) is 14.0. The summed E-state index contributed by atoms with van der Waals surface area (Å²) in [5.41, 5.74) is -0.272. The highest BCUT2D eigenvalue weighted by atomic mass is 35.5. The van der Waals surface area contributed by atoms with Crippen molar-refractivity contribution in [3.8, 4) is 11.5 Å². The average molecular weight is 495 g/mol. The second kappa shape index (κ2) is 11.2. The number of nitrogens with zero attached hydrogens (tertiary/aromatic N) is 3. The zero-order valence-electron chi connectivity index (χ0n) is 16.2. The predicted molar refractivity (Wildman–Crippen MR) is 115 cm³/mol. The molecule has 1 N–H and O–H groups in total. The molecule has 0 aliphatic carbocycles. The molecule has 1 aliphatic heterocycles. The van der Waals surface area contributed by atoms with Crippen LogP contribution < -0.4 is 10.1 Å². The Morgan fingerprint density at radius 1 is 1.19 bits per heavy atom. The number of carbonyl (C=O) groups is 1. The smallest absolute Gasteiger partial charge is 0.339 e. The average Bonchev–Trinajstić information content (AvgIpc) is 2.74. The Hall–Kier alpha value is -2.51. The van der Waals surface area contributed by atoms with Crippen molar-refractivity contribution in [1.82, 2.24) is 14.6 Å². The largest absolute Gasteiger partial charge is 0.465 e. The lowest BCUT2D eigenvalue weighted by atomic mass is 10.2. The minimum Gasteiger partial charge on any atom is -0.465 e. The zero-order chi connectivity index (χ0) is 21.0. The Kier molecular flexibility index (Phi) is 9.59. The molecule has 1 saturated heterocycles. The Labute approximate surface area is 190 Å². The molecule has 0 spiro atoms. The molecule has 3 rings (SSSR count). The van der Waals surface area contributed by atoms with Crippen molar-refractivity contribution in [3.63, 3.8) is 0 Å². The number of aromatic nitrogens is 1. The number of halogens is 2. The molecule has 1 aromatic carbocycles. The molecule has 170 valence electrons. The van der Waals surface area contributed by atoms with E-state index in [0.717, 1.165) is 12.1 Å². The first-order valence-corrected chi connectivity index (χ1v) is 9.97. The van der Waals surface area contributed by atoms with Crippen LogP contribution in [0.15, 0.2) is 41.6 Å². The third-order valence-corrected chi connectivity index (χ3v) is 6.11. The van der Waals surface area contributed by atoms with Gasteiger partial charge in [-0.2, -0.15) is 4.31 Å². The fourth-order valence-corrected chi connectivity index (χ4v) is 4.33. The van der Waals surface area contributed by atoms with E-state index in [0.29, 0.717) is 13.1 Å². The molecule has 1 aliphatic rings. The van der Waals surface area contributed by atoms with Crippen LogP contribution in [-0.2, 0) is 14.8 Å². The summed E-state index contributed by atoms with van der Waals surface area (Å²) in [5, 5.41) is 14.2. The molecule has 1 fully saturated rings. The summed E-state index contributed by atoms with van der Waals surface area (Å²) in [4.78, 5) is 25.7. The van der Waals surface area contributed by atoms with E-state index in [1.807, 2.05) is 0 Å². The summed E-state index contributed by atoms with van der Waals surface area (Å²) in [5.74, 6) is -0.670. The van der Waals surface area contributed by atoms with Gasteiger partial charge >= 0.3 is 5.97 Å². The maximum absolute atomic E-state index is 13.1. The van der Waals surface area contributed by atoms with E-state index in [1.165, 1.54) is 35.9 Å². The number of non-ortho nitro benzene ring substituents is 1. The van der Waals surface area contributed by atoms with Crippen LogP contribution in [0.25, 0.3) is 0 Å². The van der Waals surface area contributed by atoms with Crippen molar-refractivity contribution < 1.29 is 27.6 Å². The second-order valence-corrected chi connectivity index (χ2v) is 7.95. The van der Waals surface area contributed by atoms with Gasteiger partial charge in [-0.05, 0) is 12.1 Å². The summed E-state index contributed by atoms with van der Waals surface area (Å²) in [6.45, 7) is 1.39. The lowest BCUT2D eigenvalue weighted by Crippen LogP contribution is -2.46. The first-order chi connectivity index (χ1) is 13.8. The standard InChI is InChI=1S/C17H18N4O7S.2ClH/c1-27-17(22)12-8-14(11-19-10-12)28-15-3-2-13(21(23)24)9-16(15)29(25,26)20-6-4-18-5-7-20;;/h2-3,8-11,18H,4-7H2,1H3;2*1H. The van der Waals surface area contributed by atoms with Gasteiger partial charge in [0.2, 0.25) is 10.0 Å². The van der Waals surface area contributed by atoms with Gasteiger partial charge in [-0.25, -0.2) is 13.2 Å². The van der Waals surface area contributed by atoms with Crippen molar-refractivity contribution in [3.05, 3.63) is 52.3 Å². The van der Waals surface area contributed by atoms with Gasteiger partial charge in [-0.1, -0.05) is 0 Å². The number of ether oxygens (including phenoxy) is 2. The van der Waals surface area contributed by atoms with Gasteiger partial charge in [-0.3, -0.25) is 15.1 Å². The Bertz CT molecular complexity index is 1050. The number of nitro benzene ring substituents is 1. The van der Waals surface area contributed by atoms with E-state index >= 15 is 0 Å². The SMILES string of the molecule is COC(=O)c1cncc(Oc2ccc([N+](=O)[O-])cc2S(=O)(=O)N2CCNCC2)c1.Cl.Cl. The van der Waals surface area contributed by atoms with E-state index in [4.69, 9.17) is 4.74 Å². The summed E-state index contributed by atoms with van der Waals surface area (Å²) in [7, 11) is -2.84. The summed E-state index contributed by atoms with van der Waals surface area (Å²) in [6, 6.07) is 4.65. The molecule has 0 amide bonds. The van der Waals surface area contributed by atoms with Crippen molar-refractivity contribution >= 4 is 46.5 Å². The first-order valence-electron chi connectivity index (χ1n) is 8.53. The highest BCUT2D eigenvalue weighted by Gasteiger charge is 2.31. The molecule has 0 unspecified atom stereocenters. The number of pyridine rings is 1.